The van der Waals surface area contributed by atoms with E-state index in [0.29, 0.717) is 6.54 Å². The summed E-state index contributed by atoms with van der Waals surface area (Å²) in [5.74, 6) is -1.93. The fourth-order valence-electron chi connectivity index (χ4n) is 3.83. The van der Waals surface area contributed by atoms with Crippen molar-refractivity contribution in [3.63, 3.8) is 0 Å². The quantitative estimate of drug-likeness (QED) is 0.802. The summed E-state index contributed by atoms with van der Waals surface area (Å²) in [4.78, 5) is 27.6. The van der Waals surface area contributed by atoms with Gasteiger partial charge in [-0.25, -0.2) is 0 Å². The number of hydrogen-bond donors (Lipinski definition) is 2. The number of hydrogen-bond acceptors (Lipinski definition) is 4. The Morgan fingerprint density at radius 2 is 1.92 bits per heavy atom. The molecule has 2 aromatic heterocycles. The van der Waals surface area contributed by atoms with Crippen LogP contribution in [-0.4, -0.2) is 17.0 Å². The third-order valence-electron chi connectivity index (χ3n) is 4.91. The zero-order valence-corrected chi connectivity index (χ0v) is 14.5. The minimum Gasteiger partial charge on any atom is -0.481 e. The van der Waals surface area contributed by atoms with E-state index in [1.165, 1.54) is 9.75 Å². The molecule has 4 rings (SSSR count). The SMILES string of the molecule is O=C(O)[C@H]1[C@H](C(=O)NCc2ccc(-c3cccs3)s2)[C@H]2C=C[C@H]1C2. The van der Waals surface area contributed by atoms with Crippen LogP contribution in [0.1, 0.15) is 11.3 Å². The zero-order valence-electron chi connectivity index (χ0n) is 12.8. The second-order valence-corrected chi connectivity index (χ2v) is 8.42. The third-order valence-corrected chi connectivity index (χ3v) is 7.06. The van der Waals surface area contributed by atoms with Crippen molar-refractivity contribution in [3.05, 3.63) is 46.7 Å². The van der Waals surface area contributed by atoms with Crippen LogP contribution >= 0.6 is 22.7 Å². The van der Waals surface area contributed by atoms with Crippen LogP contribution in [0.2, 0.25) is 0 Å². The molecule has 0 unspecified atom stereocenters. The van der Waals surface area contributed by atoms with Crippen molar-refractivity contribution in [1.29, 1.82) is 0 Å². The lowest BCUT2D eigenvalue weighted by molar-refractivity contribution is -0.147. The molecule has 24 heavy (non-hydrogen) atoms. The summed E-state index contributed by atoms with van der Waals surface area (Å²) in [6, 6.07) is 8.20. The Kier molecular flexibility index (Phi) is 4.02. The average molecular weight is 359 g/mol. The fourth-order valence-corrected chi connectivity index (χ4v) is 5.61. The molecule has 0 aliphatic heterocycles. The van der Waals surface area contributed by atoms with Crippen molar-refractivity contribution >= 4 is 34.6 Å². The van der Waals surface area contributed by atoms with E-state index in [0.717, 1.165) is 11.3 Å². The minimum absolute atomic E-state index is 0.00965. The maximum absolute atomic E-state index is 12.6. The van der Waals surface area contributed by atoms with Crippen molar-refractivity contribution in [1.82, 2.24) is 5.32 Å². The van der Waals surface area contributed by atoms with Crippen molar-refractivity contribution in [2.75, 3.05) is 0 Å². The van der Waals surface area contributed by atoms with Gasteiger partial charge in [0, 0.05) is 14.6 Å². The summed E-state index contributed by atoms with van der Waals surface area (Å²) in [5.41, 5.74) is 0. The van der Waals surface area contributed by atoms with Gasteiger partial charge in [0.1, 0.15) is 0 Å². The highest BCUT2D eigenvalue weighted by atomic mass is 32.1. The molecule has 0 aromatic carbocycles. The lowest BCUT2D eigenvalue weighted by Crippen LogP contribution is -2.39. The predicted octanol–water partition coefficient (Wildman–Crippen LogP) is 3.62. The number of fused-ring (bicyclic) bond motifs is 2. The molecule has 2 bridgehead atoms. The normalized spacial score (nSPS) is 27.5. The van der Waals surface area contributed by atoms with Crippen LogP contribution in [0.15, 0.2) is 41.8 Å². The van der Waals surface area contributed by atoms with Crippen LogP contribution in [0.25, 0.3) is 9.75 Å². The van der Waals surface area contributed by atoms with Crippen LogP contribution in [0.5, 0.6) is 0 Å². The minimum atomic E-state index is -0.858. The number of carboxylic acids is 1. The summed E-state index contributed by atoms with van der Waals surface area (Å²) in [7, 11) is 0. The van der Waals surface area contributed by atoms with E-state index in [9.17, 15) is 14.7 Å². The van der Waals surface area contributed by atoms with E-state index in [-0.39, 0.29) is 17.7 Å². The van der Waals surface area contributed by atoms with Crippen LogP contribution < -0.4 is 5.32 Å². The molecule has 1 saturated carbocycles. The molecule has 0 radical (unpaired) electrons. The van der Waals surface area contributed by atoms with E-state index in [2.05, 4.69) is 17.4 Å². The fraction of sp³-hybridized carbons (Fsp3) is 0.333. The summed E-state index contributed by atoms with van der Waals surface area (Å²) < 4.78 is 0. The predicted molar refractivity (Wildman–Crippen MR) is 94.8 cm³/mol. The molecule has 4 nitrogen and oxygen atoms in total. The van der Waals surface area contributed by atoms with E-state index in [1.807, 2.05) is 29.7 Å². The zero-order chi connectivity index (χ0) is 16.7. The Balaban J connectivity index is 1.42. The second-order valence-electron chi connectivity index (χ2n) is 6.30. The summed E-state index contributed by atoms with van der Waals surface area (Å²) in [6.07, 6.45) is 4.75. The molecule has 6 heteroatoms. The molecule has 2 aromatic rings. The molecule has 0 saturated heterocycles. The van der Waals surface area contributed by atoms with Gasteiger partial charge in [-0.2, -0.15) is 0 Å². The Labute approximate surface area is 147 Å². The lowest BCUT2D eigenvalue weighted by atomic mass is 9.82. The van der Waals surface area contributed by atoms with Gasteiger partial charge in [0.05, 0.1) is 18.4 Å². The van der Waals surface area contributed by atoms with Crippen LogP contribution in [0.4, 0.5) is 0 Å². The molecule has 124 valence electrons. The van der Waals surface area contributed by atoms with Crippen LogP contribution in [0.3, 0.4) is 0 Å². The monoisotopic (exact) mass is 359 g/mol. The Morgan fingerprint density at radius 3 is 2.62 bits per heavy atom. The van der Waals surface area contributed by atoms with Gasteiger partial charge in [0.2, 0.25) is 5.91 Å². The third kappa shape index (κ3) is 2.70. The van der Waals surface area contributed by atoms with Crippen LogP contribution in [-0.2, 0) is 16.1 Å². The first-order valence-electron chi connectivity index (χ1n) is 7.95. The molecule has 2 N–H and O–H groups in total. The lowest BCUT2D eigenvalue weighted by Gasteiger charge is -2.23. The molecular formula is C18H17NO3S2. The smallest absolute Gasteiger partial charge is 0.307 e. The molecular weight excluding hydrogens is 342 g/mol. The Hall–Kier alpha value is -1.92. The maximum Gasteiger partial charge on any atom is 0.307 e. The number of amides is 1. The topological polar surface area (TPSA) is 66.4 Å². The summed E-state index contributed by atoms with van der Waals surface area (Å²) in [5, 5.41) is 14.4. The number of nitrogens with one attached hydrogen (secondary N) is 1. The van der Waals surface area contributed by atoms with Gasteiger partial charge in [0.25, 0.3) is 0 Å². The van der Waals surface area contributed by atoms with Crippen molar-refractivity contribution in [3.8, 4) is 9.75 Å². The number of thiophene rings is 2. The van der Waals surface area contributed by atoms with Gasteiger partial charge in [0.15, 0.2) is 0 Å². The highest BCUT2D eigenvalue weighted by Gasteiger charge is 2.51. The van der Waals surface area contributed by atoms with E-state index < -0.39 is 17.8 Å². The maximum atomic E-state index is 12.6. The van der Waals surface area contributed by atoms with Gasteiger partial charge in [-0.1, -0.05) is 18.2 Å². The van der Waals surface area contributed by atoms with Crippen molar-refractivity contribution < 1.29 is 14.7 Å². The molecule has 2 heterocycles. The summed E-state index contributed by atoms with van der Waals surface area (Å²) >= 11 is 3.36. The molecule has 0 spiro atoms. The van der Waals surface area contributed by atoms with E-state index in [1.54, 1.807) is 22.7 Å². The molecule has 2 aliphatic rings. The van der Waals surface area contributed by atoms with Crippen LogP contribution in [0, 0.1) is 23.7 Å². The number of aliphatic carboxylic acids is 1. The molecule has 2 aliphatic carbocycles. The first-order chi connectivity index (χ1) is 11.6. The van der Waals surface area contributed by atoms with E-state index >= 15 is 0 Å². The van der Waals surface area contributed by atoms with Crippen molar-refractivity contribution in [2.45, 2.75) is 13.0 Å². The largest absolute Gasteiger partial charge is 0.481 e. The molecule has 4 atom stereocenters. The number of carbonyl (C=O) groups is 2. The van der Waals surface area contributed by atoms with Gasteiger partial charge >= 0.3 is 5.97 Å². The van der Waals surface area contributed by atoms with Gasteiger partial charge in [-0.05, 0) is 41.8 Å². The average Bonchev–Trinajstić information content (AvgIpc) is 3.35. The van der Waals surface area contributed by atoms with Crippen molar-refractivity contribution in [2.24, 2.45) is 23.7 Å². The van der Waals surface area contributed by atoms with E-state index in [4.69, 9.17) is 0 Å². The van der Waals surface area contributed by atoms with Gasteiger partial charge in [-0.3, -0.25) is 9.59 Å². The summed E-state index contributed by atoms with van der Waals surface area (Å²) in [6.45, 7) is 0.457. The first-order valence-corrected chi connectivity index (χ1v) is 9.64. The van der Waals surface area contributed by atoms with Gasteiger partial charge < -0.3 is 10.4 Å². The standard InChI is InChI=1S/C18H17NO3S2/c20-17(15-10-3-4-11(8-10)16(15)18(21)22)19-9-12-5-6-14(24-12)13-2-1-7-23-13/h1-7,10-11,15-16H,8-9H2,(H,19,20)(H,21,22)/t10-,11-,15+,16+/m0/s1. The van der Waals surface area contributed by atoms with Gasteiger partial charge in [-0.15, -0.1) is 22.7 Å². The Bertz CT molecular complexity index is 793. The number of rotatable bonds is 5. The second kappa shape index (κ2) is 6.18. The highest BCUT2D eigenvalue weighted by Crippen LogP contribution is 2.48. The Morgan fingerprint density at radius 1 is 1.12 bits per heavy atom. The number of allylic oxidation sites excluding steroid dienone is 2. The number of carbonyl (C=O) groups excluding carboxylic acids is 1. The molecule has 1 fully saturated rings. The first kappa shape index (κ1) is 15.6. The highest BCUT2D eigenvalue weighted by molar-refractivity contribution is 7.21. The molecule has 1 amide bonds. The number of carboxylic acid groups (broad SMARTS) is 1.